The quantitative estimate of drug-likeness (QED) is 0.623. The average molecular weight is 352 g/mol. The Labute approximate surface area is 140 Å². The first kappa shape index (κ1) is 17.1. The number of hydrogen-bond acceptors (Lipinski definition) is 6. The maximum absolute atomic E-state index is 11.8. The summed E-state index contributed by atoms with van der Waals surface area (Å²) in [4.78, 5) is 39.0. The molecule has 122 valence electrons. The average Bonchev–Trinajstić information content (AvgIpc) is 3.14. The number of rotatable bonds is 8. The van der Waals surface area contributed by atoms with Gasteiger partial charge >= 0.3 is 0 Å². The van der Waals surface area contributed by atoms with Crippen molar-refractivity contribution in [3.63, 3.8) is 0 Å². The lowest BCUT2D eigenvalue weighted by atomic mass is 10.3. The van der Waals surface area contributed by atoms with Gasteiger partial charge < -0.3 is 16.4 Å². The summed E-state index contributed by atoms with van der Waals surface area (Å²) >= 11 is 2.62. The SMILES string of the molecule is NC(=O)Cc1csc(NC(=O)CCCNC(=O)c2cccs2)n1. The first-order valence-corrected chi connectivity index (χ1v) is 8.65. The van der Waals surface area contributed by atoms with Gasteiger partial charge in [-0.25, -0.2) is 4.98 Å². The highest BCUT2D eigenvalue weighted by Gasteiger charge is 2.09. The summed E-state index contributed by atoms with van der Waals surface area (Å²) in [5.74, 6) is -0.776. The van der Waals surface area contributed by atoms with Crippen LogP contribution in [0.25, 0.3) is 0 Å². The number of nitrogens with two attached hydrogens (primary N) is 1. The van der Waals surface area contributed by atoms with Gasteiger partial charge in [0.05, 0.1) is 17.0 Å². The third-order valence-electron chi connectivity index (χ3n) is 2.76. The number of anilines is 1. The van der Waals surface area contributed by atoms with Crippen molar-refractivity contribution in [2.45, 2.75) is 19.3 Å². The van der Waals surface area contributed by atoms with Crippen molar-refractivity contribution in [1.29, 1.82) is 0 Å². The molecule has 7 nitrogen and oxygen atoms in total. The van der Waals surface area contributed by atoms with Gasteiger partial charge in [-0.05, 0) is 17.9 Å². The Balaban J connectivity index is 1.66. The fourth-order valence-electron chi connectivity index (χ4n) is 1.75. The van der Waals surface area contributed by atoms with Crippen molar-refractivity contribution < 1.29 is 14.4 Å². The minimum absolute atomic E-state index is 0.0567. The first-order chi connectivity index (χ1) is 11.0. The molecule has 0 aromatic carbocycles. The molecule has 9 heteroatoms. The zero-order valence-electron chi connectivity index (χ0n) is 12.2. The van der Waals surface area contributed by atoms with E-state index in [9.17, 15) is 14.4 Å². The van der Waals surface area contributed by atoms with Gasteiger partial charge in [0, 0.05) is 18.3 Å². The van der Waals surface area contributed by atoms with E-state index in [2.05, 4.69) is 15.6 Å². The number of primary amides is 1. The van der Waals surface area contributed by atoms with Gasteiger partial charge in [0.25, 0.3) is 5.91 Å². The molecular weight excluding hydrogens is 336 g/mol. The molecule has 2 rings (SSSR count). The van der Waals surface area contributed by atoms with Crippen molar-refractivity contribution in [1.82, 2.24) is 10.3 Å². The van der Waals surface area contributed by atoms with E-state index in [0.717, 1.165) is 0 Å². The van der Waals surface area contributed by atoms with Gasteiger partial charge in [0.2, 0.25) is 11.8 Å². The molecule has 0 spiro atoms. The fourth-order valence-corrected chi connectivity index (χ4v) is 3.12. The van der Waals surface area contributed by atoms with E-state index in [1.807, 2.05) is 11.4 Å². The van der Waals surface area contributed by atoms with E-state index < -0.39 is 5.91 Å². The van der Waals surface area contributed by atoms with Crippen LogP contribution in [0.15, 0.2) is 22.9 Å². The zero-order chi connectivity index (χ0) is 16.7. The predicted octanol–water partition coefficient (Wildman–Crippen LogP) is 1.38. The number of carbonyl (C=O) groups excluding carboxylic acids is 3. The third-order valence-corrected chi connectivity index (χ3v) is 4.44. The standard InChI is InChI=1S/C14H16N4O3S2/c15-11(19)7-9-8-23-14(17-9)18-12(20)4-1-5-16-13(21)10-3-2-6-22-10/h2-3,6,8H,1,4-5,7H2,(H2,15,19)(H,16,21)(H,17,18,20). The Hall–Kier alpha value is -2.26. The van der Waals surface area contributed by atoms with E-state index in [-0.39, 0.29) is 24.7 Å². The predicted molar refractivity (Wildman–Crippen MR) is 89.5 cm³/mol. The smallest absolute Gasteiger partial charge is 0.261 e. The van der Waals surface area contributed by atoms with Crippen molar-refractivity contribution in [2.24, 2.45) is 5.73 Å². The van der Waals surface area contributed by atoms with E-state index in [0.29, 0.717) is 28.7 Å². The van der Waals surface area contributed by atoms with Crippen LogP contribution in [-0.4, -0.2) is 29.3 Å². The number of hydrogen-bond donors (Lipinski definition) is 3. The van der Waals surface area contributed by atoms with Crippen LogP contribution in [0.3, 0.4) is 0 Å². The van der Waals surface area contributed by atoms with E-state index in [4.69, 9.17) is 5.73 Å². The maximum atomic E-state index is 11.8. The second kappa shape index (κ2) is 8.39. The van der Waals surface area contributed by atoms with Crippen molar-refractivity contribution in [2.75, 3.05) is 11.9 Å². The maximum Gasteiger partial charge on any atom is 0.261 e. The van der Waals surface area contributed by atoms with Crippen molar-refractivity contribution >= 4 is 45.5 Å². The second-order valence-electron chi connectivity index (χ2n) is 4.67. The second-order valence-corrected chi connectivity index (χ2v) is 6.48. The van der Waals surface area contributed by atoms with Crippen molar-refractivity contribution in [3.05, 3.63) is 33.5 Å². The molecule has 2 aromatic rings. The van der Waals surface area contributed by atoms with Crippen molar-refractivity contribution in [3.8, 4) is 0 Å². The van der Waals surface area contributed by atoms with Crippen LogP contribution >= 0.6 is 22.7 Å². The molecule has 23 heavy (non-hydrogen) atoms. The molecule has 4 N–H and O–H groups in total. The molecule has 3 amide bonds. The summed E-state index contributed by atoms with van der Waals surface area (Å²) < 4.78 is 0. The lowest BCUT2D eigenvalue weighted by molar-refractivity contribution is -0.117. The Morgan fingerprint density at radius 1 is 1.26 bits per heavy atom. The highest BCUT2D eigenvalue weighted by molar-refractivity contribution is 7.14. The molecule has 0 unspecified atom stereocenters. The fraction of sp³-hybridized carbons (Fsp3) is 0.286. The van der Waals surface area contributed by atoms with Gasteiger partial charge in [-0.1, -0.05) is 6.07 Å². The summed E-state index contributed by atoms with van der Waals surface area (Å²) in [5, 5.41) is 9.37. The zero-order valence-corrected chi connectivity index (χ0v) is 13.8. The summed E-state index contributed by atoms with van der Waals surface area (Å²) in [6.45, 7) is 0.426. The number of thiazole rings is 1. The topological polar surface area (TPSA) is 114 Å². The molecule has 2 heterocycles. The van der Waals surface area contributed by atoms with Gasteiger partial charge in [-0.2, -0.15) is 0 Å². The number of nitrogens with one attached hydrogen (secondary N) is 2. The van der Waals surface area contributed by atoms with Gasteiger partial charge in [-0.15, -0.1) is 22.7 Å². The van der Waals surface area contributed by atoms with Crippen LogP contribution in [0.2, 0.25) is 0 Å². The first-order valence-electron chi connectivity index (χ1n) is 6.89. The lowest BCUT2D eigenvalue weighted by Crippen LogP contribution is -2.24. The molecule has 0 aliphatic heterocycles. The highest BCUT2D eigenvalue weighted by atomic mass is 32.1. The molecule has 0 aliphatic carbocycles. The number of aromatic nitrogens is 1. The molecular formula is C14H16N4O3S2. The third kappa shape index (κ3) is 5.80. The summed E-state index contributed by atoms with van der Waals surface area (Å²) in [6, 6.07) is 3.56. The molecule has 0 saturated carbocycles. The highest BCUT2D eigenvalue weighted by Crippen LogP contribution is 2.16. The lowest BCUT2D eigenvalue weighted by Gasteiger charge is -2.04. The van der Waals surface area contributed by atoms with Crippen LogP contribution in [0.1, 0.15) is 28.2 Å². The molecule has 0 saturated heterocycles. The van der Waals surface area contributed by atoms with Gasteiger partial charge in [0.15, 0.2) is 5.13 Å². The Kier molecular flexibility index (Phi) is 6.24. The van der Waals surface area contributed by atoms with Crippen LogP contribution in [0.5, 0.6) is 0 Å². The largest absolute Gasteiger partial charge is 0.369 e. The summed E-state index contributed by atoms with van der Waals surface area (Å²) in [7, 11) is 0. The molecule has 0 aliphatic rings. The molecule has 0 fully saturated rings. The van der Waals surface area contributed by atoms with Gasteiger partial charge in [0.1, 0.15) is 0 Å². The van der Waals surface area contributed by atoms with Crippen LogP contribution < -0.4 is 16.4 Å². The Morgan fingerprint density at radius 2 is 2.09 bits per heavy atom. The molecule has 0 radical (unpaired) electrons. The van der Waals surface area contributed by atoms with Gasteiger partial charge in [-0.3, -0.25) is 14.4 Å². The van der Waals surface area contributed by atoms with Crippen LogP contribution in [0.4, 0.5) is 5.13 Å². The summed E-state index contributed by atoms with van der Waals surface area (Å²) in [6.07, 6.45) is 0.860. The molecule has 0 atom stereocenters. The van der Waals surface area contributed by atoms with E-state index in [1.54, 1.807) is 11.4 Å². The summed E-state index contributed by atoms with van der Waals surface area (Å²) in [5.41, 5.74) is 5.62. The van der Waals surface area contributed by atoms with Crippen LogP contribution in [-0.2, 0) is 16.0 Å². The minimum atomic E-state index is -0.463. The molecule has 0 bridgehead atoms. The number of thiophene rings is 1. The molecule has 2 aromatic heterocycles. The Bertz CT molecular complexity index is 682. The number of carbonyl (C=O) groups is 3. The van der Waals surface area contributed by atoms with Crippen LogP contribution in [0, 0.1) is 0 Å². The van der Waals surface area contributed by atoms with E-state index >= 15 is 0 Å². The monoisotopic (exact) mass is 352 g/mol. The number of nitrogens with zero attached hydrogens (tertiary/aromatic N) is 1. The normalized spacial score (nSPS) is 10.3. The minimum Gasteiger partial charge on any atom is -0.369 e. The van der Waals surface area contributed by atoms with E-state index in [1.165, 1.54) is 22.7 Å². The Morgan fingerprint density at radius 3 is 2.78 bits per heavy atom. The number of amides is 3.